The van der Waals surface area contributed by atoms with Crippen LogP contribution in [0.2, 0.25) is 0 Å². The maximum absolute atomic E-state index is 13.2. The van der Waals surface area contributed by atoms with Gasteiger partial charge in [0.1, 0.15) is 8.42 Å². The zero-order valence-electron chi connectivity index (χ0n) is 16.2. The van der Waals surface area contributed by atoms with Gasteiger partial charge in [0.15, 0.2) is 0 Å². The predicted octanol–water partition coefficient (Wildman–Crippen LogP) is 2.81. The number of nitrogens with zero attached hydrogens (tertiary/aromatic N) is 3. The highest BCUT2D eigenvalue weighted by Gasteiger charge is 2.29. The molecule has 0 N–H and O–H groups in total. The first-order chi connectivity index (χ1) is 13.2. The minimum atomic E-state index is -3.88. The number of anilines is 2. The first-order valence-electron chi connectivity index (χ1n) is 9.01. The van der Waals surface area contributed by atoms with Gasteiger partial charge >= 0.3 is 0 Å². The van der Waals surface area contributed by atoms with Crippen molar-refractivity contribution in [3.05, 3.63) is 36.4 Å². The standard InChI is InChI=1S/C18H25N3O4S3/c1-19(2)27(22,23)17-11-12-18(26-17)28(24,25)20(3)15-9-5-6-10-16(15)21-13-7-4-8-14-21/h5-6,9-12H,4,7-8,13-14H2,1-3H3. The quantitative estimate of drug-likeness (QED) is 0.686. The number of hydrogen-bond donors (Lipinski definition) is 0. The first-order valence-corrected chi connectivity index (χ1v) is 12.7. The Kier molecular flexibility index (Phi) is 6.04. The average molecular weight is 444 g/mol. The van der Waals surface area contributed by atoms with Gasteiger partial charge in [0.25, 0.3) is 20.0 Å². The molecule has 2 aromatic rings. The van der Waals surface area contributed by atoms with Crippen LogP contribution in [-0.2, 0) is 20.0 Å². The van der Waals surface area contributed by atoms with Crippen molar-refractivity contribution in [3.8, 4) is 0 Å². The summed E-state index contributed by atoms with van der Waals surface area (Å²) in [7, 11) is -3.19. The lowest BCUT2D eigenvalue weighted by molar-refractivity contribution is 0.523. The number of thiophene rings is 1. The van der Waals surface area contributed by atoms with E-state index in [-0.39, 0.29) is 8.42 Å². The molecule has 3 rings (SSSR count). The highest BCUT2D eigenvalue weighted by molar-refractivity contribution is 7.96. The minimum absolute atomic E-state index is 0.00359. The fourth-order valence-corrected chi connectivity index (χ4v) is 7.47. The lowest BCUT2D eigenvalue weighted by Gasteiger charge is -2.32. The molecular formula is C18H25N3O4S3. The molecule has 0 radical (unpaired) electrons. The molecule has 1 aromatic heterocycles. The molecule has 1 fully saturated rings. The van der Waals surface area contributed by atoms with Crippen LogP contribution in [0.5, 0.6) is 0 Å². The fourth-order valence-electron chi connectivity index (χ4n) is 3.16. The normalized spacial score (nSPS) is 15.8. The molecule has 0 saturated carbocycles. The summed E-state index contributed by atoms with van der Waals surface area (Å²) in [6.07, 6.45) is 3.36. The van der Waals surface area contributed by atoms with Crippen LogP contribution in [0.3, 0.4) is 0 Å². The van der Waals surface area contributed by atoms with Crippen molar-refractivity contribution in [1.82, 2.24) is 4.31 Å². The number of benzene rings is 1. The Balaban J connectivity index is 1.97. The number of para-hydroxylation sites is 2. The summed E-state index contributed by atoms with van der Waals surface area (Å²) in [4.78, 5) is 2.21. The van der Waals surface area contributed by atoms with E-state index in [0.717, 1.165) is 47.3 Å². The number of hydrogen-bond acceptors (Lipinski definition) is 6. The van der Waals surface area contributed by atoms with E-state index >= 15 is 0 Å². The van der Waals surface area contributed by atoms with Crippen molar-refractivity contribution in [1.29, 1.82) is 0 Å². The van der Waals surface area contributed by atoms with Crippen LogP contribution in [0.15, 0.2) is 44.8 Å². The predicted molar refractivity (Wildman–Crippen MR) is 113 cm³/mol. The number of rotatable bonds is 6. The van der Waals surface area contributed by atoms with Gasteiger partial charge in [-0.05, 0) is 43.5 Å². The molecule has 0 amide bonds. The third kappa shape index (κ3) is 3.91. The van der Waals surface area contributed by atoms with Crippen LogP contribution in [0.1, 0.15) is 19.3 Å². The second kappa shape index (κ2) is 8.02. The van der Waals surface area contributed by atoms with Gasteiger partial charge in [-0.2, -0.15) is 0 Å². The molecule has 154 valence electrons. The summed E-state index contributed by atoms with van der Waals surface area (Å²) in [6, 6.07) is 10.1. The second-order valence-corrected chi connectivity index (χ2v) is 12.5. The van der Waals surface area contributed by atoms with Crippen LogP contribution in [-0.4, -0.2) is 55.4 Å². The van der Waals surface area contributed by atoms with Gasteiger partial charge in [0, 0.05) is 34.2 Å². The maximum Gasteiger partial charge on any atom is 0.273 e. The highest BCUT2D eigenvalue weighted by Crippen LogP contribution is 2.36. The van der Waals surface area contributed by atoms with E-state index in [4.69, 9.17) is 0 Å². The van der Waals surface area contributed by atoms with Crippen LogP contribution in [0.25, 0.3) is 0 Å². The Labute approximate surface area is 171 Å². The van der Waals surface area contributed by atoms with Crippen molar-refractivity contribution < 1.29 is 16.8 Å². The summed E-state index contributed by atoms with van der Waals surface area (Å²) in [5.74, 6) is 0. The smallest absolute Gasteiger partial charge is 0.273 e. The molecular weight excluding hydrogens is 418 g/mol. The van der Waals surface area contributed by atoms with Crippen molar-refractivity contribution >= 4 is 42.8 Å². The van der Waals surface area contributed by atoms with E-state index in [1.165, 1.54) is 44.0 Å². The zero-order valence-corrected chi connectivity index (χ0v) is 18.6. The summed E-state index contributed by atoms with van der Waals surface area (Å²) >= 11 is 0.767. The van der Waals surface area contributed by atoms with E-state index in [1.54, 1.807) is 6.07 Å². The molecule has 28 heavy (non-hydrogen) atoms. The molecule has 0 aliphatic carbocycles. The van der Waals surface area contributed by atoms with Gasteiger partial charge in [-0.1, -0.05) is 12.1 Å². The summed E-state index contributed by atoms with van der Waals surface area (Å²) < 4.78 is 53.3. The topological polar surface area (TPSA) is 78.0 Å². The maximum atomic E-state index is 13.2. The highest BCUT2D eigenvalue weighted by atomic mass is 32.3. The second-order valence-electron chi connectivity index (χ2n) is 6.87. The third-order valence-electron chi connectivity index (χ3n) is 4.82. The van der Waals surface area contributed by atoms with Crippen LogP contribution in [0, 0.1) is 0 Å². The molecule has 1 aliphatic heterocycles. The van der Waals surface area contributed by atoms with Gasteiger partial charge in [0.05, 0.1) is 11.4 Å². The lowest BCUT2D eigenvalue weighted by atomic mass is 10.1. The van der Waals surface area contributed by atoms with Gasteiger partial charge in [-0.25, -0.2) is 21.1 Å². The fraction of sp³-hybridized carbons (Fsp3) is 0.444. The third-order valence-corrected chi connectivity index (χ3v) is 10.4. The lowest BCUT2D eigenvalue weighted by Crippen LogP contribution is -2.33. The average Bonchev–Trinajstić information content (AvgIpc) is 3.20. The summed E-state index contributed by atoms with van der Waals surface area (Å²) in [5, 5.41) is 0. The van der Waals surface area contributed by atoms with E-state index in [0.29, 0.717) is 5.69 Å². The molecule has 0 bridgehead atoms. The molecule has 0 unspecified atom stereocenters. The van der Waals surface area contributed by atoms with Crippen molar-refractivity contribution in [3.63, 3.8) is 0 Å². The zero-order chi connectivity index (χ0) is 20.5. The van der Waals surface area contributed by atoms with Gasteiger partial charge in [-0.15, -0.1) is 11.3 Å². The minimum Gasteiger partial charge on any atom is -0.370 e. The summed E-state index contributed by atoms with van der Waals surface area (Å²) in [6.45, 7) is 1.80. The Hall–Kier alpha value is -1.62. The van der Waals surface area contributed by atoms with E-state index in [2.05, 4.69) is 4.90 Å². The monoisotopic (exact) mass is 443 g/mol. The molecule has 1 aromatic carbocycles. The van der Waals surface area contributed by atoms with Crippen LogP contribution >= 0.6 is 11.3 Å². The number of sulfonamides is 2. The van der Waals surface area contributed by atoms with Gasteiger partial charge in [0.2, 0.25) is 0 Å². The van der Waals surface area contributed by atoms with Gasteiger partial charge < -0.3 is 4.90 Å². The first kappa shape index (κ1) is 21.1. The van der Waals surface area contributed by atoms with E-state index < -0.39 is 20.0 Å². The molecule has 0 atom stereocenters. The molecule has 2 heterocycles. The van der Waals surface area contributed by atoms with E-state index in [1.807, 2.05) is 18.2 Å². The molecule has 10 heteroatoms. The Bertz CT molecular complexity index is 1040. The molecule has 1 saturated heterocycles. The number of piperidine rings is 1. The van der Waals surface area contributed by atoms with Gasteiger partial charge in [-0.3, -0.25) is 4.31 Å². The van der Waals surface area contributed by atoms with Crippen molar-refractivity contribution in [2.45, 2.75) is 27.7 Å². The largest absolute Gasteiger partial charge is 0.370 e. The van der Waals surface area contributed by atoms with Crippen LogP contribution in [0.4, 0.5) is 11.4 Å². The molecule has 7 nitrogen and oxygen atoms in total. The van der Waals surface area contributed by atoms with E-state index in [9.17, 15) is 16.8 Å². The Morgan fingerprint density at radius 3 is 2.00 bits per heavy atom. The molecule has 1 aliphatic rings. The molecule has 0 spiro atoms. The Morgan fingerprint density at radius 2 is 1.39 bits per heavy atom. The van der Waals surface area contributed by atoms with Crippen molar-refractivity contribution in [2.24, 2.45) is 0 Å². The van der Waals surface area contributed by atoms with Crippen LogP contribution < -0.4 is 9.21 Å². The summed E-state index contributed by atoms with van der Waals surface area (Å²) in [5.41, 5.74) is 1.47. The van der Waals surface area contributed by atoms with Crippen molar-refractivity contribution in [2.75, 3.05) is 43.4 Å². The SMILES string of the molecule is CN(C)S(=O)(=O)c1ccc(S(=O)(=O)N(C)c2ccccc2N2CCCCC2)s1. The Morgan fingerprint density at radius 1 is 0.821 bits per heavy atom.